The molecule has 2 amide bonds. The molecule has 28 heavy (non-hydrogen) atoms. The van der Waals surface area contributed by atoms with Gasteiger partial charge in [0.1, 0.15) is 6.04 Å². The van der Waals surface area contributed by atoms with Gasteiger partial charge in [-0.05, 0) is 23.6 Å². The zero-order valence-corrected chi connectivity index (χ0v) is 17.0. The molecule has 1 aromatic carbocycles. The number of benzene rings is 1. The minimum atomic E-state index is -0.451. The Bertz CT molecular complexity index is 820. The van der Waals surface area contributed by atoms with Crippen molar-refractivity contribution >= 4 is 11.8 Å². The minimum absolute atomic E-state index is 0.0494. The first-order valence-corrected chi connectivity index (χ1v) is 10.1. The van der Waals surface area contributed by atoms with Crippen molar-refractivity contribution in [1.82, 2.24) is 14.8 Å². The molecule has 5 nitrogen and oxygen atoms in total. The second-order valence-corrected chi connectivity index (χ2v) is 7.63. The first-order valence-electron chi connectivity index (χ1n) is 10.1. The number of carbonyl (C=O) groups excluding carboxylic acids is 2. The van der Waals surface area contributed by atoms with Crippen LogP contribution in [0.5, 0.6) is 0 Å². The molecule has 1 aliphatic rings. The Hall–Kier alpha value is -2.69. The molecule has 0 saturated carbocycles. The van der Waals surface area contributed by atoms with Gasteiger partial charge >= 0.3 is 0 Å². The summed E-state index contributed by atoms with van der Waals surface area (Å²) in [5.74, 6) is -0.0157. The van der Waals surface area contributed by atoms with Gasteiger partial charge in [-0.25, -0.2) is 0 Å². The third-order valence-corrected chi connectivity index (χ3v) is 5.26. The molecule has 0 aliphatic carbocycles. The molecule has 1 aromatic heterocycles. The summed E-state index contributed by atoms with van der Waals surface area (Å²) in [5.41, 5.74) is 3.15. The molecule has 0 radical (unpaired) electrons. The standard InChI is InChI=1S/C23H29N3O2/c1-4-12-25-13-14-26(22(27)17(2)3)21(23(25)28)15-18-8-5-6-10-20(18)19-9-7-11-24-16-19/h5-11,16-17,21H,4,12-15H2,1-3H3/t21-/m0/s1. The van der Waals surface area contributed by atoms with E-state index in [0.29, 0.717) is 19.5 Å². The third kappa shape index (κ3) is 4.24. The SMILES string of the molecule is CCCN1CCN(C(=O)C(C)C)[C@@H](Cc2ccccc2-c2cccnc2)C1=O. The van der Waals surface area contributed by atoms with E-state index in [4.69, 9.17) is 0 Å². The van der Waals surface area contributed by atoms with Crippen molar-refractivity contribution in [3.05, 3.63) is 54.4 Å². The minimum Gasteiger partial charge on any atom is -0.339 e. The zero-order valence-electron chi connectivity index (χ0n) is 17.0. The Labute approximate surface area is 167 Å². The zero-order chi connectivity index (χ0) is 20.1. The van der Waals surface area contributed by atoms with E-state index < -0.39 is 6.04 Å². The van der Waals surface area contributed by atoms with Gasteiger partial charge in [-0.15, -0.1) is 0 Å². The topological polar surface area (TPSA) is 53.5 Å². The summed E-state index contributed by atoms with van der Waals surface area (Å²) >= 11 is 0. The Balaban J connectivity index is 1.94. The highest BCUT2D eigenvalue weighted by Crippen LogP contribution is 2.27. The van der Waals surface area contributed by atoms with Crippen LogP contribution in [0, 0.1) is 5.92 Å². The van der Waals surface area contributed by atoms with Crippen molar-refractivity contribution in [2.75, 3.05) is 19.6 Å². The van der Waals surface area contributed by atoms with Crippen LogP contribution in [0.2, 0.25) is 0 Å². The predicted octanol–water partition coefficient (Wildman–Crippen LogP) is 3.40. The van der Waals surface area contributed by atoms with Crippen molar-refractivity contribution in [2.45, 2.75) is 39.7 Å². The summed E-state index contributed by atoms with van der Waals surface area (Å²) < 4.78 is 0. The van der Waals surface area contributed by atoms with E-state index in [0.717, 1.165) is 29.7 Å². The van der Waals surface area contributed by atoms with Gasteiger partial charge in [0.2, 0.25) is 11.8 Å². The normalized spacial score (nSPS) is 17.3. The fourth-order valence-corrected chi connectivity index (χ4v) is 3.83. The molecular formula is C23H29N3O2. The lowest BCUT2D eigenvalue weighted by Gasteiger charge is -2.41. The first-order chi connectivity index (χ1) is 13.5. The van der Waals surface area contributed by atoms with Gasteiger partial charge in [0, 0.05) is 49.9 Å². The summed E-state index contributed by atoms with van der Waals surface area (Å²) in [6, 6.07) is 11.6. The number of pyridine rings is 1. The van der Waals surface area contributed by atoms with Crippen LogP contribution in [0.15, 0.2) is 48.8 Å². The van der Waals surface area contributed by atoms with Gasteiger partial charge in [-0.2, -0.15) is 0 Å². The molecule has 0 spiro atoms. The lowest BCUT2D eigenvalue weighted by molar-refractivity contribution is -0.153. The average molecular weight is 380 g/mol. The molecule has 5 heteroatoms. The number of nitrogens with zero attached hydrogens (tertiary/aromatic N) is 3. The van der Waals surface area contributed by atoms with Crippen LogP contribution in [-0.2, 0) is 16.0 Å². The van der Waals surface area contributed by atoms with Crippen LogP contribution < -0.4 is 0 Å². The molecule has 1 atom stereocenters. The van der Waals surface area contributed by atoms with Gasteiger partial charge < -0.3 is 9.80 Å². The van der Waals surface area contributed by atoms with Crippen LogP contribution >= 0.6 is 0 Å². The van der Waals surface area contributed by atoms with E-state index in [1.54, 1.807) is 11.1 Å². The van der Waals surface area contributed by atoms with E-state index in [-0.39, 0.29) is 17.7 Å². The van der Waals surface area contributed by atoms with Gasteiger partial charge in [-0.1, -0.05) is 51.1 Å². The van der Waals surface area contributed by atoms with Gasteiger partial charge in [0.15, 0.2) is 0 Å². The second kappa shape index (κ2) is 9.00. The van der Waals surface area contributed by atoms with Crippen molar-refractivity contribution < 1.29 is 9.59 Å². The number of carbonyl (C=O) groups is 2. The molecule has 2 aromatic rings. The number of amides is 2. The van der Waals surface area contributed by atoms with Crippen LogP contribution in [0.3, 0.4) is 0 Å². The van der Waals surface area contributed by atoms with E-state index in [9.17, 15) is 9.59 Å². The molecule has 3 rings (SSSR count). The molecular weight excluding hydrogens is 350 g/mol. The lowest BCUT2D eigenvalue weighted by Crippen LogP contribution is -2.60. The summed E-state index contributed by atoms with van der Waals surface area (Å²) in [7, 11) is 0. The van der Waals surface area contributed by atoms with Crippen LogP contribution in [0.4, 0.5) is 0 Å². The number of rotatable bonds is 6. The van der Waals surface area contributed by atoms with Crippen molar-refractivity contribution in [3.8, 4) is 11.1 Å². The Kier molecular flexibility index (Phi) is 6.45. The highest BCUT2D eigenvalue weighted by Gasteiger charge is 2.38. The Morgan fingerprint density at radius 1 is 1.18 bits per heavy atom. The largest absolute Gasteiger partial charge is 0.339 e. The third-order valence-electron chi connectivity index (χ3n) is 5.26. The predicted molar refractivity (Wildman–Crippen MR) is 111 cm³/mol. The van der Waals surface area contributed by atoms with Crippen LogP contribution in [0.1, 0.15) is 32.8 Å². The quantitative estimate of drug-likeness (QED) is 0.773. The number of aromatic nitrogens is 1. The maximum atomic E-state index is 13.2. The van der Waals surface area contributed by atoms with Crippen LogP contribution in [0.25, 0.3) is 11.1 Å². The molecule has 0 bridgehead atoms. The fraction of sp³-hybridized carbons (Fsp3) is 0.435. The Morgan fingerprint density at radius 3 is 2.64 bits per heavy atom. The number of hydrogen-bond acceptors (Lipinski definition) is 3. The van der Waals surface area contributed by atoms with Gasteiger partial charge in [0.25, 0.3) is 0 Å². The van der Waals surface area contributed by atoms with E-state index in [1.165, 1.54) is 0 Å². The molecule has 1 saturated heterocycles. The van der Waals surface area contributed by atoms with Gasteiger partial charge in [-0.3, -0.25) is 14.6 Å². The smallest absolute Gasteiger partial charge is 0.245 e. The highest BCUT2D eigenvalue weighted by molar-refractivity contribution is 5.90. The monoisotopic (exact) mass is 379 g/mol. The lowest BCUT2D eigenvalue weighted by atomic mass is 9.93. The van der Waals surface area contributed by atoms with E-state index in [1.807, 2.05) is 55.3 Å². The van der Waals surface area contributed by atoms with Crippen molar-refractivity contribution in [1.29, 1.82) is 0 Å². The summed E-state index contributed by atoms with van der Waals surface area (Å²) in [5, 5.41) is 0. The second-order valence-electron chi connectivity index (χ2n) is 7.63. The Morgan fingerprint density at radius 2 is 1.96 bits per heavy atom. The molecule has 1 fully saturated rings. The molecule has 1 aliphatic heterocycles. The molecule has 148 valence electrons. The summed E-state index contributed by atoms with van der Waals surface area (Å²) in [6.07, 6.45) is 5.02. The van der Waals surface area contributed by atoms with Gasteiger partial charge in [0.05, 0.1) is 0 Å². The average Bonchev–Trinajstić information content (AvgIpc) is 2.71. The molecule has 0 N–H and O–H groups in total. The summed E-state index contributed by atoms with van der Waals surface area (Å²) in [4.78, 5) is 34.0. The number of piperazine rings is 1. The summed E-state index contributed by atoms with van der Waals surface area (Å²) in [6.45, 7) is 7.82. The van der Waals surface area contributed by atoms with Crippen molar-refractivity contribution in [2.24, 2.45) is 5.92 Å². The fourth-order valence-electron chi connectivity index (χ4n) is 3.83. The maximum Gasteiger partial charge on any atom is 0.245 e. The van der Waals surface area contributed by atoms with Crippen molar-refractivity contribution in [3.63, 3.8) is 0 Å². The van der Waals surface area contributed by atoms with E-state index in [2.05, 4.69) is 18.0 Å². The number of hydrogen-bond donors (Lipinski definition) is 0. The maximum absolute atomic E-state index is 13.2. The first kappa shape index (κ1) is 20.1. The molecule has 0 unspecified atom stereocenters. The molecule has 2 heterocycles. The van der Waals surface area contributed by atoms with E-state index >= 15 is 0 Å². The highest BCUT2D eigenvalue weighted by atomic mass is 16.2. The van der Waals surface area contributed by atoms with Crippen LogP contribution in [-0.4, -0.2) is 52.3 Å².